The summed E-state index contributed by atoms with van der Waals surface area (Å²) < 4.78 is 72.8. The molecule has 9 heteroatoms. The van der Waals surface area contributed by atoms with E-state index in [1.54, 1.807) is 0 Å². The van der Waals surface area contributed by atoms with Crippen molar-refractivity contribution in [3.8, 4) is 0 Å². The minimum absolute atomic E-state index is 0.301. The number of pyridine rings is 1. The van der Waals surface area contributed by atoms with E-state index >= 15 is 0 Å². The third-order valence-corrected chi connectivity index (χ3v) is 2.21. The van der Waals surface area contributed by atoms with Gasteiger partial charge in [0.25, 0.3) is 0 Å². The lowest BCUT2D eigenvalue weighted by Crippen LogP contribution is -2.41. The molecule has 0 aliphatic rings. The van der Waals surface area contributed by atoms with E-state index in [-0.39, 0.29) is 0 Å². The van der Waals surface area contributed by atoms with Crippen LogP contribution in [0.25, 0.3) is 0 Å². The maximum absolute atomic E-state index is 12.3. The molecule has 0 aliphatic carbocycles. The summed E-state index contributed by atoms with van der Waals surface area (Å²) >= 11 is 2.36. The number of rotatable bonds is 1. The molecule has 0 radical (unpaired) electrons. The van der Waals surface area contributed by atoms with Crippen molar-refractivity contribution in [1.29, 1.82) is 0 Å². The smallest absolute Gasteiger partial charge is 0.445 e. The number of alkyl halides is 3. The number of hydrogen-bond acceptors (Lipinski definition) is 1. The zero-order valence-corrected chi connectivity index (χ0v) is 8.41. The molecule has 0 bridgehead atoms. The van der Waals surface area contributed by atoms with Crippen LogP contribution in [0.5, 0.6) is 0 Å². The van der Waals surface area contributed by atoms with Gasteiger partial charge in [-0.05, 0) is 22.0 Å². The first-order valence-electron chi connectivity index (χ1n) is 3.55. The summed E-state index contributed by atoms with van der Waals surface area (Å²) in [7, 11) is 0. The third-order valence-electron chi connectivity index (χ3n) is 1.57. The molecule has 0 atom stereocenters. The second-order valence-corrected chi connectivity index (χ2v) is 3.39. The molecule has 1 nitrogen and oxygen atoms in total. The summed E-state index contributed by atoms with van der Waals surface area (Å²) in [4.78, 5) is 3.13. The molecule has 0 saturated carbocycles. The molecule has 0 saturated heterocycles. The summed E-state index contributed by atoms with van der Waals surface area (Å²) in [5.41, 5.74) is -3.47. The zero-order valence-electron chi connectivity index (χ0n) is 6.83. The molecule has 15 heavy (non-hydrogen) atoms. The molecule has 1 aromatic rings. The van der Waals surface area contributed by atoms with Gasteiger partial charge in [0, 0.05) is 11.8 Å². The number of aromatic nitrogens is 1. The Hall–Kier alpha value is -0.725. The Morgan fingerprint density at radius 3 is 2.07 bits per heavy atom. The van der Waals surface area contributed by atoms with Gasteiger partial charge in [0.2, 0.25) is 0 Å². The van der Waals surface area contributed by atoms with Gasteiger partial charge in [-0.25, -0.2) is 0 Å². The molecule has 0 N–H and O–H groups in total. The SMILES string of the molecule is F[B-](F)(F)c1c(C(F)(F)F)ccnc1Br. The second kappa shape index (κ2) is 3.69. The first kappa shape index (κ1) is 12.3. The molecule has 84 valence electrons. The highest BCUT2D eigenvalue weighted by Crippen LogP contribution is 2.31. The van der Waals surface area contributed by atoms with E-state index in [1.807, 2.05) is 0 Å². The average molecular weight is 293 g/mol. The van der Waals surface area contributed by atoms with Gasteiger partial charge >= 0.3 is 13.2 Å². The fourth-order valence-electron chi connectivity index (χ4n) is 1.01. The molecule has 0 aliphatic heterocycles. The monoisotopic (exact) mass is 292 g/mol. The van der Waals surface area contributed by atoms with Crippen LogP contribution in [0.1, 0.15) is 5.56 Å². The van der Waals surface area contributed by atoms with Crippen molar-refractivity contribution in [3.05, 3.63) is 22.4 Å². The quantitative estimate of drug-likeness (QED) is 0.441. The number of hydrogen-bond donors (Lipinski definition) is 0. The Morgan fingerprint density at radius 1 is 1.20 bits per heavy atom. The van der Waals surface area contributed by atoms with Crippen molar-refractivity contribution in [1.82, 2.24) is 4.98 Å². The molecule has 1 heterocycles. The highest BCUT2D eigenvalue weighted by Gasteiger charge is 2.41. The van der Waals surface area contributed by atoms with E-state index in [0.29, 0.717) is 12.3 Å². The van der Waals surface area contributed by atoms with Crippen LogP contribution in [-0.2, 0) is 6.18 Å². The van der Waals surface area contributed by atoms with E-state index in [9.17, 15) is 26.1 Å². The van der Waals surface area contributed by atoms with Crippen molar-refractivity contribution in [2.24, 2.45) is 0 Å². The lowest BCUT2D eigenvalue weighted by atomic mass is 9.78. The Balaban J connectivity index is 3.48. The normalized spacial score (nSPS) is 13.0. The van der Waals surface area contributed by atoms with Crippen LogP contribution in [0.3, 0.4) is 0 Å². The van der Waals surface area contributed by atoms with Crippen LogP contribution < -0.4 is 5.46 Å². The summed E-state index contributed by atoms with van der Waals surface area (Å²) in [5.74, 6) is 0. The fourth-order valence-corrected chi connectivity index (χ4v) is 1.60. The maximum atomic E-state index is 12.3. The van der Waals surface area contributed by atoms with Gasteiger partial charge in [0.05, 0.1) is 4.60 Å². The van der Waals surface area contributed by atoms with Crippen LogP contribution in [0, 0.1) is 0 Å². The summed E-state index contributed by atoms with van der Waals surface area (Å²) in [6, 6.07) is 0.301. The minimum atomic E-state index is -5.76. The lowest BCUT2D eigenvalue weighted by Gasteiger charge is -2.21. The predicted molar refractivity (Wildman–Crippen MR) is 45.7 cm³/mol. The van der Waals surface area contributed by atoms with Gasteiger partial charge in [-0.3, -0.25) is 4.98 Å². The molecule has 0 aromatic carbocycles. The standard InChI is InChI=1S/C6H2BBrF6N/c8-5-4(7(12,13)14)3(1-2-15-5)6(9,10)11/h1-2H/q-1. The van der Waals surface area contributed by atoms with E-state index in [1.165, 1.54) is 0 Å². The zero-order chi connectivity index (χ0) is 11.9. The van der Waals surface area contributed by atoms with Crippen LogP contribution in [0.15, 0.2) is 16.9 Å². The molecule has 0 fully saturated rings. The van der Waals surface area contributed by atoms with Gasteiger partial charge in [-0.2, -0.15) is 13.2 Å². The maximum Gasteiger partial charge on any atom is 0.512 e. The predicted octanol–water partition coefficient (Wildman–Crippen LogP) is 2.92. The van der Waals surface area contributed by atoms with Gasteiger partial charge in [0.1, 0.15) is 0 Å². The third kappa shape index (κ3) is 2.64. The fraction of sp³-hybridized carbons (Fsp3) is 0.167. The van der Waals surface area contributed by atoms with E-state index in [2.05, 4.69) is 20.9 Å². The van der Waals surface area contributed by atoms with Gasteiger partial charge < -0.3 is 12.9 Å². The van der Waals surface area contributed by atoms with Crippen molar-refractivity contribution < 1.29 is 26.1 Å². The Kier molecular flexibility index (Phi) is 3.04. The second-order valence-electron chi connectivity index (χ2n) is 2.64. The summed E-state index contributed by atoms with van der Waals surface area (Å²) in [5, 5.41) is 0. The first-order valence-corrected chi connectivity index (χ1v) is 4.35. The molecule has 1 aromatic heterocycles. The Morgan fingerprint density at radius 2 is 1.73 bits per heavy atom. The Bertz CT molecular complexity index is 373. The summed E-state index contributed by atoms with van der Waals surface area (Å²) in [6.45, 7) is -5.76. The van der Waals surface area contributed by atoms with E-state index in [4.69, 9.17) is 0 Å². The van der Waals surface area contributed by atoms with Crippen LogP contribution in [0.4, 0.5) is 26.1 Å². The number of nitrogens with zero attached hydrogens (tertiary/aromatic N) is 1. The van der Waals surface area contributed by atoms with Gasteiger partial charge in [0.15, 0.2) is 0 Å². The highest BCUT2D eigenvalue weighted by atomic mass is 79.9. The molecular weight excluding hydrogens is 291 g/mol. The van der Waals surface area contributed by atoms with Crippen molar-refractivity contribution in [2.75, 3.05) is 0 Å². The van der Waals surface area contributed by atoms with Crippen molar-refractivity contribution >= 4 is 28.4 Å². The highest BCUT2D eigenvalue weighted by molar-refractivity contribution is 9.10. The minimum Gasteiger partial charge on any atom is -0.445 e. The largest absolute Gasteiger partial charge is 0.512 e. The Labute approximate surface area is 88.7 Å². The van der Waals surface area contributed by atoms with Gasteiger partial charge in [-0.1, -0.05) is 5.46 Å². The topological polar surface area (TPSA) is 12.9 Å². The van der Waals surface area contributed by atoms with Gasteiger partial charge in [-0.15, -0.1) is 0 Å². The van der Waals surface area contributed by atoms with E-state index in [0.717, 1.165) is 0 Å². The summed E-state index contributed by atoms with van der Waals surface area (Å²) in [6.07, 6.45) is -4.38. The molecule has 1 rings (SSSR count). The molecule has 0 unspecified atom stereocenters. The molecule has 0 spiro atoms. The first-order chi connectivity index (χ1) is 6.64. The molecule has 0 amide bonds. The van der Waals surface area contributed by atoms with Crippen molar-refractivity contribution in [2.45, 2.75) is 6.18 Å². The van der Waals surface area contributed by atoms with Crippen molar-refractivity contribution in [3.63, 3.8) is 0 Å². The van der Waals surface area contributed by atoms with Crippen LogP contribution >= 0.6 is 15.9 Å². The molecular formula is C6H2BBrF6N-. The average Bonchev–Trinajstić information content (AvgIpc) is 1.99. The van der Waals surface area contributed by atoms with Crippen LogP contribution in [-0.4, -0.2) is 12.0 Å². The lowest BCUT2D eigenvalue weighted by molar-refractivity contribution is -0.137. The number of halogens is 7. The van der Waals surface area contributed by atoms with Crippen LogP contribution in [0.2, 0.25) is 0 Å². The van der Waals surface area contributed by atoms with E-state index < -0.39 is 28.8 Å².